The average Bonchev–Trinajstić information content (AvgIpc) is 3.54. The van der Waals surface area contributed by atoms with E-state index in [2.05, 4.69) is 91.5 Å². The fourth-order valence-electron chi connectivity index (χ4n) is 7.22. The van der Waals surface area contributed by atoms with Crippen LogP contribution in [0, 0.1) is 0 Å². The summed E-state index contributed by atoms with van der Waals surface area (Å²) in [5.74, 6) is -0.415. The maximum Gasteiger partial charge on any atom is 0.197 e. The molecule has 0 spiro atoms. The van der Waals surface area contributed by atoms with Crippen molar-refractivity contribution in [3.05, 3.63) is 155 Å². The van der Waals surface area contributed by atoms with Crippen LogP contribution in [0.15, 0.2) is 127 Å². The lowest BCUT2D eigenvalue weighted by Crippen LogP contribution is -2.30. The summed E-state index contributed by atoms with van der Waals surface area (Å²) in [7, 11) is 0. The van der Waals surface area contributed by atoms with Gasteiger partial charge in [-0.2, -0.15) is 0 Å². The van der Waals surface area contributed by atoms with Crippen molar-refractivity contribution in [1.82, 2.24) is 0 Å². The number of para-hydroxylation sites is 1. The number of fused-ring (bicyclic) bond motifs is 7. The molecule has 0 amide bonds. The summed E-state index contributed by atoms with van der Waals surface area (Å²) in [4.78, 5) is 29.5. The minimum atomic E-state index is -0.341. The van der Waals surface area contributed by atoms with Gasteiger partial charge in [0.25, 0.3) is 0 Å². The lowest BCUT2D eigenvalue weighted by atomic mass is 9.72. The van der Waals surface area contributed by atoms with Crippen LogP contribution in [0.2, 0.25) is 0 Å². The number of rotatable bonds is 2. The maximum atomic E-state index is 13.6. The highest BCUT2D eigenvalue weighted by Gasteiger charge is 2.38. The number of ketones is 2. The van der Waals surface area contributed by atoms with Crippen molar-refractivity contribution < 1.29 is 9.59 Å². The Hall–Kier alpha value is -5.32. The monoisotopic (exact) mass is 597 g/mol. The van der Waals surface area contributed by atoms with Crippen LogP contribution in [-0.2, 0) is 5.41 Å². The van der Waals surface area contributed by atoms with E-state index in [-0.39, 0.29) is 22.6 Å². The van der Waals surface area contributed by atoms with E-state index in [1.165, 1.54) is 31.4 Å². The highest BCUT2D eigenvalue weighted by molar-refractivity contribution is 7.25. The van der Waals surface area contributed by atoms with Crippen molar-refractivity contribution in [2.45, 2.75) is 19.3 Å². The summed E-state index contributed by atoms with van der Waals surface area (Å²) in [5, 5.41) is 4.46. The summed E-state index contributed by atoms with van der Waals surface area (Å²) in [6.45, 7) is 4.55. The Morgan fingerprint density at radius 2 is 1.24 bits per heavy atom. The molecule has 9 rings (SSSR count). The van der Waals surface area contributed by atoms with E-state index in [9.17, 15) is 9.59 Å². The van der Waals surface area contributed by atoms with E-state index in [0.29, 0.717) is 11.1 Å². The second-order valence-electron chi connectivity index (χ2n) is 12.5. The first-order chi connectivity index (χ1) is 21.9. The third-order valence-corrected chi connectivity index (χ3v) is 10.7. The van der Waals surface area contributed by atoms with Crippen molar-refractivity contribution in [2.24, 2.45) is 0 Å². The molecule has 1 aromatic heterocycles. The smallest absolute Gasteiger partial charge is 0.197 e. The standard InChI is InChI=1S/C41H27NO2S/c1-41(2)33-19-24(18-32-39(43)30-20-25-10-6-7-11-26(25)21-31(30)40(32)44)16-17-35(33)42(27-12-4-3-5-13-27)36-23-38-29(22-34(36)41)28-14-8-9-15-37(28)45-38/h3-23H,1-2H3. The predicted molar refractivity (Wildman–Crippen MR) is 187 cm³/mol. The first kappa shape index (κ1) is 26.1. The molecule has 0 N–H and O–H groups in total. The normalized spacial score (nSPS) is 15.1. The molecule has 0 saturated carbocycles. The van der Waals surface area contributed by atoms with Crippen LogP contribution in [0.5, 0.6) is 0 Å². The summed E-state index contributed by atoms with van der Waals surface area (Å²) in [5.41, 5.74) is 7.44. The molecule has 214 valence electrons. The first-order valence-corrected chi connectivity index (χ1v) is 16.0. The number of allylic oxidation sites excluding steroid dienone is 1. The molecule has 45 heavy (non-hydrogen) atoms. The van der Waals surface area contributed by atoms with Gasteiger partial charge in [0.2, 0.25) is 0 Å². The van der Waals surface area contributed by atoms with Crippen molar-refractivity contribution in [3.8, 4) is 0 Å². The molecule has 7 aromatic rings. The van der Waals surface area contributed by atoms with Crippen LogP contribution >= 0.6 is 11.3 Å². The molecule has 1 aliphatic heterocycles. The van der Waals surface area contributed by atoms with Gasteiger partial charge in [0, 0.05) is 42.4 Å². The van der Waals surface area contributed by atoms with Crippen LogP contribution in [0.3, 0.4) is 0 Å². The van der Waals surface area contributed by atoms with Crippen molar-refractivity contribution in [1.29, 1.82) is 0 Å². The zero-order valence-corrected chi connectivity index (χ0v) is 25.6. The molecule has 0 radical (unpaired) electrons. The molecule has 1 aliphatic carbocycles. The van der Waals surface area contributed by atoms with E-state index in [4.69, 9.17) is 0 Å². The summed E-state index contributed by atoms with van der Waals surface area (Å²) in [6, 6.07) is 41.7. The molecule has 0 unspecified atom stereocenters. The number of nitrogens with zero attached hydrogens (tertiary/aromatic N) is 1. The first-order valence-electron chi connectivity index (χ1n) is 15.2. The molecule has 2 aliphatic rings. The van der Waals surface area contributed by atoms with Gasteiger partial charge in [-0.25, -0.2) is 0 Å². The zero-order chi connectivity index (χ0) is 30.4. The molecular formula is C41H27NO2S. The minimum Gasteiger partial charge on any atom is -0.310 e. The average molecular weight is 598 g/mol. The minimum absolute atomic E-state index is 0.208. The quantitative estimate of drug-likeness (QED) is 0.147. The molecule has 0 fully saturated rings. The predicted octanol–water partition coefficient (Wildman–Crippen LogP) is 10.8. The lowest BCUT2D eigenvalue weighted by molar-refractivity contribution is 0.0990. The van der Waals surface area contributed by atoms with E-state index in [1.54, 1.807) is 6.08 Å². The summed E-state index contributed by atoms with van der Waals surface area (Å²) in [6.07, 6.45) is 1.78. The van der Waals surface area contributed by atoms with Crippen molar-refractivity contribution >= 4 is 77.0 Å². The molecule has 0 bridgehead atoms. The topological polar surface area (TPSA) is 37.4 Å². The zero-order valence-electron chi connectivity index (χ0n) is 24.8. The SMILES string of the molecule is CC1(C)c2cc(C=C3C(=O)c4cc5ccccc5cc4C3=O)ccc2N(c2ccccc2)c2cc3sc4ccccc4c3cc21. The Morgan fingerprint density at radius 3 is 1.98 bits per heavy atom. The van der Waals surface area contributed by atoms with Gasteiger partial charge in [0.05, 0.1) is 16.9 Å². The Balaban J connectivity index is 1.23. The molecular weight excluding hydrogens is 571 g/mol. The Morgan fingerprint density at radius 1 is 0.600 bits per heavy atom. The molecule has 0 saturated heterocycles. The number of anilines is 3. The van der Waals surface area contributed by atoms with Gasteiger partial charge in [0.1, 0.15) is 0 Å². The van der Waals surface area contributed by atoms with Gasteiger partial charge in [-0.3, -0.25) is 9.59 Å². The molecule has 2 heterocycles. The van der Waals surface area contributed by atoms with E-state index >= 15 is 0 Å². The van der Waals surface area contributed by atoms with Crippen molar-refractivity contribution in [2.75, 3.05) is 4.90 Å². The second kappa shape index (κ2) is 9.34. The number of carbonyl (C=O) groups is 2. The van der Waals surface area contributed by atoms with Gasteiger partial charge in [-0.15, -0.1) is 11.3 Å². The van der Waals surface area contributed by atoms with Gasteiger partial charge in [-0.1, -0.05) is 80.6 Å². The van der Waals surface area contributed by atoms with Crippen LogP contribution in [-0.4, -0.2) is 11.6 Å². The van der Waals surface area contributed by atoms with Crippen molar-refractivity contribution in [3.63, 3.8) is 0 Å². The van der Waals surface area contributed by atoms with E-state index in [1.807, 2.05) is 59.9 Å². The van der Waals surface area contributed by atoms with E-state index in [0.717, 1.165) is 33.3 Å². The third kappa shape index (κ3) is 3.76. The fraction of sp³-hybridized carbons (Fsp3) is 0.0732. The Labute approximate surface area is 264 Å². The Kier molecular flexibility index (Phi) is 5.42. The van der Waals surface area contributed by atoms with Gasteiger partial charge >= 0.3 is 0 Å². The van der Waals surface area contributed by atoms with E-state index < -0.39 is 0 Å². The second-order valence-corrected chi connectivity index (χ2v) is 13.6. The highest BCUT2D eigenvalue weighted by atomic mass is 32.1. The molecule has 6 aromatic carbocycles. The largest absolute Gasteiger partial charge is 0.310 e. The highest BCUT2D eigenvalue weighted by Crippen LogP contribution is 2.54. The van der Waals surface area contributed by atoms with Gasteiger partial charge in [0.15, 0.2) is 11.6 Å². The maximum absolute atomic E-state index is 13.6. The number of thiophene rings is 1. The summed E-state index contributed by atoms with van der Waals surface area (Å²) >= 11 is 1.83. The van der Waals surface area contributed by atoms with Gasteiger partial charge in [-0.05, 0) is 88.1 Å². The fourth-order valence-corrected chi connectivity index (χ4v) is 8.34. The lowest BCUT2D eigenvalue weighted by Gasteiger charge is -2.42. The molecule has 3 nitrogen and oxygen atoms in total. The number of benzene rings is 6. The van der Waals surface area contributed by atoms with Crippen LogP contribution in [0.25, 0.3) is 37.0 Å². The van der Waals surface area contributed by atoms with Crippen LogP contribution in [0.4, 0.5) is 17.1 Å². The number of carbonyl (C=O) groups excluding carboxylic acids is 2. The van der Waals surface area contributed by atoms with Gasteiger partial charge < -0.3 is 4.90 Å². The summed E-state index contributed by atoms with van der Waals surface area (Å²) < 4.78 is 2.55. The number of hydrogen-bond acceptors (Lipinski definition) is 4. The van der Waals surface area contributed by atoms with Crippen LogP contribution in [0.1, 0.15) is 51.3 Å². The molecule has 0 atom stereocenters. The number of Topliss-reactive ketones (excluding diaryl/α,β-unsaturated/α-hetero) is 2. The Bertz CT molecular complexity index is 2390. The third-order valence-electron chi connectivity index (χ3n) is 9.53. The van der Waals surface area contributed by atoms with Crippen LogP contribution < -0.4 is 4.90 Å². The number of hydrogen-bond donors (Lipinski definition) is 0. The molecule has 4 heteroatoms.